The van der Waals surface area contributed by atoms with Crippen molar-refractivity contribution in [2.24, 2.45) is 0 Å². The SMILES string of the molecule is CC(Nc1ncnc2cc(Cl)ccc12)c1ccc(Cl)cc1. The molecule has 1 N–H and O–H groups in total. The fourth-order valence-electron chi connectivity index (χ4n) is 2.19. The second-order valence-electron chi connectivity index (χ2n) is 4.80. The number of benzene rings is 2. The fourth-order valence-corrected chi connectivity index (χ4v) is 2.48. The first-order valence-corrected chi connectivity index (χ1v) is 7.31. The Morgan fingerprint density at radius 1 is 0.952 bits per heavy atom. The van der Waals surface area contributed by atoms with Crippen molar-refractivity contribution < 1.29 is 0 Å². The van der Waals surface area contributed by atoms with Gasteiger partial charge in [-0.05, 0) is 42.8 Å². The van der Waals surface area contributed by atoms with Gasteiger partial charge in [0.2, 0.25) is 0 Å². The standard InChI is InChI=1S/C16H13Cl2N3/c1-10(11-2-4-12(17)5-3-11)21-16-14-7-6-13(18)8-15(14)19-9-20-16/h2-10H,1H3,(H,19,20,21). The Balaban J connectivity index is 1.92. The summed E-state index contributed by atoms with van der Waals surface area (Å²) in [6.07, 6.45) is 1.54. The molecule has 1 aromatic heterocycles. The maximum atomic E-state index is 5.99. The molecule has 21 heavy (non-hydrogen) atoms. The van der Waals surface area contributed by atoms with E-state index in [9.17, 15) is 0 Å². The van der Waals surface area contributed by atoms with Gasteiger partial charge in [0.1, 0.15) is 12.1 Å². The Kier molecular flexibility index (Phi) is 3.95. The van der Waals surface area contributed by atoms with Gasteiger partial charge in [0.05, 0.1) is 5.52 Å². The second-order valence-corrected chi connectivity index (χ2v) is 5.67. The summed E-state index contributed by atoms with van der Waals surface area (Å²) in [6.45, 7) is 2.08. The number of hydrogen-bond acceptors (Lipinski definition) is 3. The van der Waals surface area contributed by atoms with E-state index < -0.39 is 0 Å². The molecular formula is C16H13Cl2N3. The number of nitrogens with zero attached hydrogens (tertiary/aromatic N) is 2. The predicted octanol–water partition coefficient (Wildman–Crippen LogP) is 5.11. The Labute approximate surface area is 132 Å². The van der Waals surface area contributed by atoms with Crippen molar-refractivity contribution in [2.75, 3.05) is 5.32 Å². The Morgan fingerprint density at radius 2 is 1.67 bits per heavy atom. The molecule has 0 bridgehead atoms. The predicted molar refractivity (Wildman–Crippen MR) is 88.0 cm³/mol. The third kappa shape index (κ3) is 3.09. The molecule has 3 nitrogen and oxygen atoms in total. The largest absolute Gasteiger partial charge is 0.363 e. The molecule has 3 rings (SSSR count). The molecule has 1 unspecified atom stereocenters. The summed E-state index contributed by atoms with van der Waals surface area (Å²) in [5.74, 6) is 0.791. The Hall–Kier alpha value is -1.84. The van der Waals surface area contributed by atoms with Gasteiger partial charge in [0.25, 0.3) is 0 Å². The maximum Gasteiger partial charge on any atom is 0.137 e. The van der Waals surface area contributed by atoms with Crippen LogP contribution in [0.1, 0.15) is 18.5 Å². The first-order chi connectivity index (χ1) is 10.1. The van der Waals surface area contributed by atoms with E-state index in [4.69, 9.17) is 23.2 Å². The van der Waals surface area contributed by atoms with Crippen molar-refractivity contribution in [1.29, 1.82) is 0 Å². The summed E-state index contributed by atoms with van der Waals surface area (Å²) < 4.78 is 0. The van der Waals surface area contributed by atoms with Crippen LogP contribution in [0.3, 0.4) is 0 Å². The lowest BCUT2D eigenvalue weighted by molar-refractivity contribution is 0.876. The molecule has 0 saturated carbocycles. The lowest BCUT2D eigenvalue weighted by Crippen LogP contribution is -2.08. The molecule has 0 amide bonds. The van der Waals surface area contributed by atoms with Gasteiger partial charge in [0.15, 0.2) is 0 Å². The first kappa shape index (κ1) is 14.1. The molecule has 3 aromatic rings. The third-order valence-electron chi connectivity index (χ3n) is 3.32. The van der Waals surface area contributed by atoms with E-state index in [1.54, 1.807) is 0 Å². The van der Waals surface area contributed by atoms with Crippen LogP contribution in [-0.4, -0.2) is 9.97 Å². The topological polar surface area (TPSA) is 37.8 Å². The van der Waals surface area contributed by atoms with Gasteiger partial charge in [-0.1, -0.05) is 35.3 Å². The second kappa shape index (κ2) is 5.88. The van der Waals surface area contributed by atoms with E-state index in [0.717, 1.165) is 27.3 Å². The highest BCUT2D eigenvalue weighted by atomic mass is 35.5. The highest BCUT2D eigenvalue weighted by molar-refractivity contribution is 6.31. The van der Waals surface area contributed by atoms with Gasteiger partial charge in [-0.2, -0.15) is 0 Å². The van der Waals surface area contributed by atoms with Gasteiger partial charge in [-0.25, -0.2) is 9.97 Å². The fraction of sp³-hybridized carbons (Fsp3) is 0.125. The van der Waals surface area contributed by atoms with Crippen LogP contribution < -0.4 is 5.32 Å². The molecule has 0 saturated heterocycles. The van der Waals surface area contributed by atoms with Gasteiger partial charge < -0.3 is 5.32 Å². The molecule has 0 aliphatic carbocycles. The van der Waals surface area contributed by atoms with E-state index in [0.29, 0.717) is 5.02 Å². The summed E-state index contributed by atoms with van der Waals surface area (Å²) in [7, 11) is 0. The molecule has 0 spiro atoms. The zero-order valence-corrected chi connectivity index (χ0v) is 12.9. The van der Waals surface area contributed by atoms with Crippen molar-refractivity contribution in [3.8, 4) is 0 Å². The van der Waals surface area contributed by atoms with Crippen LogP contribution in [0.4, 0.5) is 5.82 Å². The minimum absolute atomic E-state index is 0.107. The monoisotopic (exact) mass is 317 g/mol. The molecule has 5 heteroatoms. The molecule has 106 valence electrons. The van der Waals surface area contributed by atoms with E-state index in [1.165, 1.54) is 6.33 Å². The van der Waals surface area contributed by atoms with Crippen molar-refractivity contribution in [3.63, 3.8) is 0 Å². The Morgan fingerprint density at radius 3 is 2.43 bits per heavy atom. The van der Waals surface area contributed by atoms with Gasteiger partial charge >= 0.3 is 0 Å². The zero-order chi connectivity index (χ0) is 14.8. The van der Waals surface area contributed by atoms with Crippen molar-refractivity contribution in [2.45, 2.75) is 13.0 Å². The number of halogens is 2. The highest BCUT2D eigenvalue weighted by Gasteiger charge is 2.09. The van der Waals surface area contributed by atoms with Crippen LogP contribution in [0, 0.1) is 0 Å². The average Bonchev–Trinajstić information content (AvgIpc) is 2.47. The molecule has 0 radical (unpaired) electrons. The quantitative estimate of drug-likeness (QED) is 0.729. The van der Waals surface area contributed by atoms with Crippen molar-refractivity contribution in [3.05, 3.63) is 64.4 Å². The summed E-state index contributed by atoms with van der Waals surface area (Å²) in [4.78, 5) is 8.57. The van der Waals surface area contributed by atoms with E-state index >= 15 is 0 Å². The van der Waals surface area contributed by atoms with E-state index in [2.05, 4.69) is 22.2 Å². The van der Waals surface area contributed by atoms with Crippen molar-refractivity contribution >= 4 is 39.9 Å². The van der Waals surface area contributed by atoms with E-state index in [1.807, 2.05) is 42.5 Å². The summed E-state index contributed by atoms with van der Waals surface area (Å²) in [5.41, 5.74) is 1.96. The molecule has 2 aromatic carbocycles. The van der Waals surface area contributed by atoms with Crippen LogP contribution in [0.25, 0.3) is 10.9 Å². The van der Waals surface area contributed by atoms with Gasteiger partial charge in [-0.3, -0.25) is 0 Å². The molecule has 0 aliphatic rings. The maximum absolute atomic E-state index is 5.99. The zero-order valence-electron chi connectivity index (χ0n) is 11.3. The van der Waals surface area contributed by atoms with Crippen LogP contribution in [0.15, 0.2) is 48.8 Å². The minimum atomic E-state index is 0.107. The lowest BCUT2D eigenvalue weighted by Gasteiger charge is -2.16. The Bertz CT molecular complexity index is 772. The molecular weight excluding hydrogens is 305 g/mol. The van der Waals surface area contributed by atoms with Crippen molar-refractivity contribution in [1.82, 2.24) is 9.97 Å². The van der Waals surface area contributed by atoms with Gasteiger partial charge in [0, 0.05) is 21.5 Å². The molecule has 1 heterocycles. The summed E-state index contributed by atoms with van der Waals surface area (Å²) in [5, 5.41) is 5.74. The highest BCUT2D eigenvalue weighted by Crippen LogP contribution is 2.26. The number of rotatable bonds is 3. The number of hydrogen-bond donors (Lipinski definition) is 1. The number of fused-ring (bicyclic) bond motifs is 1. The van der Waals surface area contributed by atoms with Crippen LogP contribution >= 0.6 is 23.2 Å². The number of anilines is 1. The number of aromatic nitrogens is 2. The van der Waals surface area contributed by atoms with Crippen LogP contribution in [-0.2, 0) is 0 Å². The average molecular weight is 318 g/mol. The minimum Gasteiger partial charge on any atom is -0.363 e. The molecule has 0 aliphatic heterocycles. The number of nitrogens with one attached hydrogen (secondary N) is 1. The van der Waals surface area contributed by atoms with Gasteiger partial charge in [-0.15, -0.1) is 0 Å². The third-order valence-corrected chi connectivity index (χ3v) is 3.81. The summed E-state index contributed by atoms with van der Waals surface area (Å²) in [6, 6.07) is 13.5. The smallest absolute Gasteiger partial charge is 0.137 e. The van der Waals surface area contributed by atoms with E-state index in [-0.39, 0.29) is 6.04 Å². The molecule has 0 fully saturated rings. The lowest BCUT2D eigenvalue weighted by atomic mass is 10.1. The normalized spacial score (nSPS) is 12.3. The first-order valence-electron chi connectivity index (χ1n) is 6.56. The summed E-state index contributed by atoms with van der Waals surface area (Å²) >= 11 is 11.9. The van der Waals surface area contributed by atoms with Crippen LogP contribution in [0.2, 0.25) is 10.0 Å². The molecule has 1 atom stereocenters. The van der Waals surface area contributed by atoms with Crippen LogP contribution in [0.5, 0.6) is 0 Å².